The molecule has 0 bridgehead atoms. The van der Waals surface area contributed by atoms with E-state index in [1.54, 1.807) is 30.5 Å². The van der Waals surface area contributed by atoms with E-state index >= 15 is 0 Å². The number of carbonyl (C=O) groups is 1. The number of rotatable bonds is 4. The molecule has 0 unspecified atom stereocenters. The van der Waals surface area contributed by atoms with Gasteiger partial charge in [0.25, 0.3) is 0 Å². The summed E-state index contributed by atoms with van der Waals surface area (Å²) in [5.74, 6) is 0.305. The van der Waals surface area contributed by atoms with Gasteiger partial charge in [-0.2, -0.15) is 0 Å². The highest BCUT2D eigenvalue weighted by atomic mass is 19.1. The first kappa shape index (κ1) is 13.0. The minimum absolute atomic E-state index is 0.0971. The third-order valence-electron chi connectivity index (χ3n) is 2.36. The standard InChI is InChI=1S/C14H13FN2O2/c1-10(18)16-8-11-5-6-14(17-9-11)19-13-4-2-3-12(15)7-13/h2-7,9H,8H2,1H3,(H,16,18). The van der Waals surface area contributed by atoms with Crippen molar-refractivity contribution in [3.05, 3.63) is 54.0 Å². The fourth-order valence-corrected chi connectivity index (χ4v) is 1.45. The van der Waals surface area contributed by atoms with Crippen LogP contribution in [0.2, 0.25) is 0 Å². The average Bonchev–Trinajstić information content (AvgIpc) is 2.38. The Balaban J connectivity index is 2.00. The maximum absolute atomic E-state index is 13.0. The van der Waals surface area contributed by atoms with Crippen molar-refractivity contribution in [3.63, 3.8) is 0 Å². The normalized spacial score (nSPS) is 10.0. The number of nitrogens with zero attached hydrogens (tertiary/aromatic N) is 1. The van der Waals surface area contributed by atoms with E-state index in [4.69, 9.17) is 4.74 Å². The predicted molar refractivity (Wildman–Crippen MR) is 68.2 cm³/mol. The first-order valence-electron chi connectivity index (χ1n) is 5.76. The van der Waals surface area contributed by atoms with Crippen LogP contribution in [0.15, 0.2) is 42.6 Å². The number of halogens is 1. The summed E-state index contributed by atoms with van der Waals surface area (Å²) >= 11 is 0. The smallest absolute Gasteiger partial charge is 0.219 e. The highest BCUT2D eigenvalue weighted by Gasteiger charge is 2.01. The SMILES string of the molecule is CC(=O)NCc1ccc(Oc2cccc(F)c2)nc1. The van der Waals surface area contributed by atoms with Crippen LogP contribution in [-0.4, -0.2) is 10.9 Å². The van der Waals surface area contributed by atoms with Crippen LogP contribution < -0.4 is 10.1 Å². The van der Waals surface area contributed by atoms with Gasteiger partial charge >= 0.3 is 0 Å². The Kier molecular flexibility index (Phi) is 4.07. The zero-order chi connectivity index (χ0) is 13.7. The van der Waals surface area contributed by atoms with E-state index in [1.807, 2.05) is 0 Å². The van der Waals surface area contributed by atoms with Crippen molar-refractivity contribution in [2.75, 3.05) is 0 Å². The first-order chi connectivity index (χ1) is 9.13. The number of pyridine rings is 1. The summed E-state index contributed by atoms with van der Waals surface area (Å²) in [6.07, 6.45) is 1.60. The maximum Gasteiger partial charge on any atom is 0.219 e. The van der Waals surface area contributed by atoms with Crippen molar-refractivity contribution in [2.24, 2.45) is 0 Å². The second-order valence-electron chi connectivity index (χ2n) is 3.97. The Bertz CT molecular complexity index is 570. The zero-order valence-electron chi connectivity index (χ0n) is 10.4. The molecule has 0 saturated carbocycles. The molecule has 0 aliphatic heterocycles. The number of hydrogen-bond acceptors (Lipinski definition) is 3. The lowest BCUT2D eigenvalue weighted by molar-refractivity contribution is -0.119. The molecule has 0 saturated heterocycles. The van der Waals surface area contributed by atoms with Gasteiger partial charge in [0, 0.05) is 31.8 Å². The molecule has 0 radical (unpaired) electrons. The molecule has 5 heteroatoms. The summed E-state index contributed by atoms with van der Waals surface area (Å²) in [5, 5.41) is 2.67. The molecule has 4 nitrogen and oxygen atoms in total. The second-order valence-corrected chi connectivity index (χ2v) is 3.97. The molecule has 0 fully saturated rings. The predicted octanol–water partition coefficient (Wildman–Crippen LogP) is 2.65. The molecule has 0 aliphatic carbocycles. The zero-order valence-corrected chi connectivity index (χ0v) is 10.4. The number of ether oxygens (including phenoxy) is 1. The molecule has 2 aromatic rings. The van der Waals surface area contributed by atoms with Crippen LogP contribution in [0.1, 0.15) is 12.5 Å². The number of amides is 1. The number of benzene rings is 1. The van der Waals surface area contributed by atoms with Crippen LogP contribution in [0.4, 0.5) is 4.39 Å². The molecule has 1 aromatic carbocycles. The number of nitrogens with one attached hydrogen (secondary N) is 1. The Labute approximate surface area is 110 Å². The van der Waals surface area contributed by atoms with Crippen molar-refractivity contribution in [2.45, 2.75) is 13.5 Å². The van der Waals surface area contributed by atoms with Crippen molar-refractivity contribution in [1.82, 2.24) is 10.3 Å². The van der Waals surface area contributed by atoms with Crippen molar-refractivity contribution in [1.29, 1.82) is 0 Å². The highest BCUT2D eigenvalue weighted by Crippen LogP contribution is 2.19. The molecular formula is C14H13FN2O2. The van der Waals surface area contributed by atoms with Crippen LogP contribution in [0.25, 0.3) is 0 Å². The largest absolute Gasteiger partial charge is 0.439 e. The molecule has 1 N–H and O–H groups in total. The van der Waals surface area contributed by atoms with Crippen LogP contribution in [0.5, 0.6) is 11.6 Å². The van der Waals surface area contributed by atoms with Crippen LogP contribution in [0, 0.1) is 5.82 Å². The van der Waals surface area contributed by atoms with Gasteiger partial charge in [-0.05, 0) is 17.7 Å². The molecule has 0 spiro atoms. The summed E-state index contributed by atoms with van der Waals surface area (Å²) in [6.45, 7) is 1.87. The molecule has 1 aromatic heterocycles. The molecule has 19 heavy (non-hydrogen) atoms. The minimum atomic E-state index is -0.361. The van der Waals surface area contributed by atoms with Crippen LogP contribution in [0.3, 0.4) is 0 Å². The highest BCUT2D eigenvalue weighted by molar-refractivity contribution is 5.72. The van der Waals surface area contributed by atoms with Gasteiger partial charge in [0.15, 0.2) is 0 Å². The molecule has 0 atom stereocenters. The van der Waals surface area contributed by atoms with Gasteiger partial charge in [0.2, 0.25) is 11.8 Å². The summed E-state index contributed by atoms with van der Waals surface area (Å²) in [7, 11) is 0. The Morgan fingerprint density at radius 1 is 1.37 bits per heavy atom. The lowest BCUT2D eigenvalue weighted by Gasteiger charge is -2.06. The molecule has 1 heterocycles. The molecule has 98 valence electrons. The van der Waals surface area contributed by atoms with Gasteiger partial charge in [-0.1, -0.05) is 12.1 Å². The van der Waals surface area contributed by atoms with E-state index in [2.05, 4.69) is 10.3 Å². The summed E-state index contributed by atoms with van der Waals surface area (Å²) in [5.41, 5.74) is 0.863. The topological polar surface area (TPSA) is 51.2 Å². The van der Waals surface area contributed by atoms with E-state index in [-0.39, 0.29) is 11.7 Å². The Morgan fingerprint density at radius 3 is 2.84 bits per heavy atom. The first-order valence-corrected chi connectivity index (χ1v) is 5.76. The number of hydrogen-bond donors (Lipinski definition) is 1. The second kappa shape index (κ2) is 5.95. The van der Waals surface area contributed by atoms with Gasteiger partial charge in [0.1, 0.15) is 11.6 Å². The minimum Gasteiger partial charge on any atom is -0.439 e. The Morgan fingerprint density at radius 2 is 2.21 bits per heavy atom. The molecule has 0 aliphatic rings. The van der Waals surface area contributed by atoms with Gasteiger partial charge in [-0.3, -0.25) is 4.79 Å². The van der Waals surface area contributed by atoms with Gasteiger partial charge < -0.3 is 10.1 Å². The fourth-order valence-electron chi connectivity index (χ4n) is 1.45. The quantitative estimate of drug-likeness (QED) is 0.919. The van der Waals surface area contributed by atoms with Gasteiger partial charge in [0.05, 0.1) is 0 Å². The lowest BCUT2D eigenvalue weighted by atomic mass is 10.3. The third-order valence-corrected chi connectivity index (χ3v) is 2.36. The fraction of sp³-hybridized carbons (Fsp3) is 0.143. The third kappa shape index (κ3) is 4.06. The van der Waals surface area contributed by atoms with E-state index < -0.39 is 0 Å². The summed E-state index contributed by atoms with van der Waals surface area (Å²) in [6, 6.07) is 9.30. The Hall–Kier alpha value is -2.43. The number of carbonyl (C=O) groups excluding carboxylic acids is 1. The number of aromatic nitrogens is 1. The van der Waals surface area contributed by atoms with Gasteiger partial charge in [-0.25, -0.2) is 9.37 Å². The van der Waals surface area contributed by atoms with E-state index in [1.165, 1.54) is 19.1 Å². The van der Waals surface area contributed by atoms with E-state index in [9.17, 15) is 9.18 Å². The summed E-state index contributed by atoms with van der Waals surface area (Å²) < 4.78 is 18.4. The molecular weight excluding hydrogens is 247 g/mol. The maximum atomic E-state index is 13.0. The van der Waals surface area contributed by atoms with E-state index in [0.29, 0.717) is 18.2 Å². The van der Waals surface area contributed by atoms with E-state index in [0.717, 1.165) is 5.56 Å². The summed E-state index contributed by atoms with van der Waals surface area (Å²) in [4.78, 5) is 14.9. The van der Waals surface area contributed by atoms with Crippen molar-refractivity contribution >= 4 is 5.91 Å². The molecule has 1 amide bonds. The van der Waals surface area contributed by atoms with Crippen molar-refractivity contribution < 1.29 is 13.9 Å². The van der Waals surface area contributed by atoms with Crippen LogP contribution in [-0.2, 0) is 11.3 Å². The molecule has 2 rings (SSSR count). The van der Waals surface area contributed by atoms with Crippen LogP contribution >= 0.6 is 0 Å². The average molecular weight is 260 g/mol. The van der Waals surface area contributed by atoms with Gasteiger partial charge in [-0.15, -0.1) is 0 Å². The van der Waals surface area contributed by atoms with Crippen molar-refractivity contribution in [3.8, 4) is 11.6 Å². The monoisotopic (exact) mass is 260 g/mol. The lowest BCUT2D eigenvalue weighted by Crippen LogP contribution is -2.18.